The zero-order valence-corrected chi connectivity index (χ0v) is 13.3. The summed E-state index contributed by atoms with van der Waals surface area (Å²) in [6.07, 6.45) is 2.90. The lowest BCUT2D eigenvalue weighted by Gasteiger charge is -2.13. The van der Waals surface area contributed by atoms with Crippen molar-refractivity contribution in [1.82, 2.24) is 14.9 Å². The van der Waals surface area contributed by atoms with Gasteiger partial charge >= 0.3 is 0 Å². The smallest absolute Gasteiger partial charge is 0.254 e. The van der Waals surface area contributed by atoms with E-state index in [9.17, 15) is 9.59 Å². The van der Waals surface area contributed by atoms with Crippen LogP contribution >= 0.6 is 0 Å². The number of aromatic nitrogens is 2. The Labute approximate surface area is 129 Å². The first-order valence-corrected chi connectivity index (χ1v) is 7.18. The number of furan rings is 1. The van der Waals surface area contributed by atoms with E-state index in [0.29, 0.717) is 24.4 Å². The fourth-order valence-electron chi connectivity index (χ4n) is 2.01. The summed E-state index contributed by atoms with van der Waals surface area (Å²) in [6, 6.07) is 3.17. The Bertz CT molecular complexity index is 723. The van der Waals surface area contributed by atoms with Gasteiger partial charge in [-0.25, -0.2) is 4.98 Å². The highest BCUT2D eigenvalue weighted by molar-refractivity contribution is 5.95. The molecule has 0 aliphatic rings. The summed E-state index contributed by atoms with van der Waals surface area (Å²) in [5.41, 5.74) is 0.244. The van der Waals surface area contributed by atoms with Crippen LogP contribution in [0, 0.1) is 6.92 Å². The van der Waals surface area contributed by atoms with Crippen molar-refractivity contribution in [3.8, 4) is 0 Å². The predicted octanol–water partition coefficient (Wildman–Crippen LogP) is 1.87. The van der Waals surface area contributed by atoms with Gasteiger partial charge in [-0.05, 0) is 13.0 Å². The van der Waals surface area contributed by atoms with Crippen molar-refractivity contribution in [3.05, 3.63) is 52.1 Å². The number of carbonyl (C=O) groups is 1. The lowest BCUT2D eigenvalue weighted by Crippen LogP contribution is -2.30. The Kier molecular flexibility index (Phi) is 4.49. The Morgan fingerprint density at radius 2 is 2.14 bits per heavy atom. The molecule has 2 aromatic heterocycles. The average molecular weight is 303 g/mol. The first kappa shape index (κ1) is 16.0. The molecule has 2 aromatic rings. The van der Waals surface area contributed by atoms with Crippen LogP contribution in [0.25, 0.3) is 0 Å². The monoisotopic (exact) mass is 303 g/mol. The molecule has 1 amide bonds. The molecule has 1 N–H and O–H groups in total. The van der Waals surface area contributed by atoms with Gasteiger partial charge in [0.15, 0.2) is 0 Å². The van der Waals surface area contributed by atoms with E-state index in [4.69, 9.17) is 4.42 Å². The molecule has 0 bridgehead atoms. The molecule has 118 valence electrons. The molecule has 0 spiro atoms. The molecule has 0 radical (unpaired) electrons. The number of rotatable bonds is 4. The van der Waals surface area contributed by atoms with Crippen LogP contribution in [0.5, 0.6) is 0 Å². The van der Waals surface area contributed by atoms with E-state index < -0.39 is 0 Å². The maximum atomic E-state index is 12.2. The third-order valence-electron chi connectivity index (χ3n) is 3.33. The minimum absolute atomic E-state index is 0.140. The molecule has 2 heterocycles. The number of amides is 1. The summed E-state index contributed by atoms with van der Waals surface area (Å²) in [5.74, 6) is 1.17. The highest BCUT2D eigenvalue weighted by Gasteiger charge is 2.22. The van der Waals surface area contributed by atoms with E-state index in [0.717, 1.165) is 5.76 Å². The minimum Gasteiger partial charge on any atom is -0.465 e. The van der Waals surface area contributed by atoms with Gasteiger partial charge in [-0.1, -0.05) is 20.8 Å². The van der Waals surface area contributed by atoms with Crippen molar-refractivity contribution < 1.29 is 9.21 Å². The molecule has 0 atom stereocenters. The van der Waals surface area contributed by atoms with Crippen molar-refractivity contribution in [2.24, 2.45) is 0 Å². The Hall–Kier alpha value is -2.37. The van der Waals surface area contributed by atoms with Gasteiger partial charge in [-0.3, -0.25) is 14.2 Å². The Balaban J connectivity index is 2.00. The maximum Gasteiger partial charge on any atom is 0.254 e. The summed E-state index contributed by atoms with van der Waals surface area (Å²) in [7, 11) is 0. The van der Waals surface area contributed by atoms with E-state index in [1.165, 1.54) is 23.2 Å². The van der Waals surface area contributed by atoms with Crippen LogP contribution in [-0.4, -0.2) is 22.0 Å². The van der Waals surface area contributed by atoms with Crippen LogP contribution < -0.4 is 10.9 Å². The SMILES string of the molecule is Cc1oc(C(C)(C)C)cc1C(=O)NCCn1cnccc1=O. The van der Waals surface area contributed by atoms with Crippen molar-refractivity contribution >= 4 is 5.91 Å². The number of aryl methyl sites for hydroxylation is 1. The molecular formula is C16H21N3O3. The normalized spacial score (nSPS) is 11.5. The predicted molar refractivity (Wildman–Crippen MR) is 83.0 cm³/mol. The molecule has 0 aliphatic carbocycles. The largest absolute Gasteiger partial charge is 0.465 e. The third kappa shape index (κ3) is 3.63. The summed E-state index contributed by atoms with van der Waals surface area (Å²) in [4.78, 5) is 27.6. The summed E-state index contributed by atoms with van der Waals surface area (Å²) >= 11 is 0. The van der Waals surface area contributed by atoms with Crippen LogP contribution in [0.2, 0.25) is 0 Å². The van der Waals surface area contributed by atoms with E-state index in [1.807, 2.05) is 20.8 Å². The summed E-state index contributed by atoms with van der Waals surface area (Å²) in [5, 5.41) is 2.79. The molecule has 0 aromatic carbocycles. The molecule has 0 saturated carbocycles. The van der Waals surface area contributed by atoms with Crippen LogP contribution in [0.15, 0.2) is 33.9 Å². The topological polar surface area (TPSA) is 77.1 Å². The molecule has 0 fully saturated rings. The Morgan fingerprint density at radius 3 is 2.73 bits per heavy atom. The van der Waals surface area contributed by atoms with Gasteiger partial charge < -0.3 is 9.73 Å². The van der Waals surface area contributed by atoms with Gasteiger partial charge in [-0.2, -0.15) is 0 Å². The molecule has 0 saturated heterocycles. The Morgan fingerprint density at radius 1 is 1.41 bits per heavy atom. The lowest BCUT2D eigenvalue weighted by molar-refractivity contribution is 0.0950. The van der Waals surface area contributed by atoms with Gasteiger partial charge in [0.2, 0.25) is 0 Å². The molecule has 0 aliphatic heterocycles. The highest BCUT2D eigenvalue weighted by atomic mass is 16.3. The number of carbonyl (C=O) groups excluding carboxylic acids is 1. The third-order valence-corrected chi connectivity index (χ3v) is 3.33. The number of hydrogen-bond acceptors (Lipinski definition) is 4. The van der Waals surface area contributed by atoms with Crippen LogP contribution in [0.3, 0.4) is 0 Å². The van der Waals surface area contributed by atoms with Crippen LogP contribution in [0.1, 0.15) is 42.6 Å². The van der Waals surface area contributed by atoms with Crippen molar-refractivity contribution in [3.63, 3.8) is 0 Å². The van der Waals surface area contributed by atoms with E-state index in [-0.39, 0.29) is 16.9 Å². The van der Waals surface area contributed by atoms with Crippen molar-refractivity contribution in [2.75, 3.05) is 6.54 Å². The quantitative estimate of drug-likeness (QED) is 0.935. The zero-order valence-electron chi connectivity index (χ0n) is 13.3. The van der Waals surface area contributed by atoms with Gasteiger partial charge in [-0.15, -0.1) is 0 Å². The first-order valence-electron chi connectivity index (χ1n) is 7.18. The fourth-order valence-corrected chi connectivity index (χ4v) is 2.01. The molecule has 0 unspecified atom stereocenters. The zero-order chi connectivity index (χ0) is 16.3. The second-order valence-electron chi connectivity index (χ2n) is 6.20. The number of hydrogen-bond donors (Lipinski definition) is 1. The number of nitrogens with one attached hydrogen (secondary N) is 1. The second-order valence-corrected chi connectivity index (χ2v) is 6.20. The van der Waals surface area contributed by atoms with E-state index in [2.05, 4.69) is 10.3 Å². The van der Waals surface area contributed by atoms with Crippen molar-refractivity contribution in [2.45, 2.75) is 39.7 Å². The van der Waals surface area contributed by atoms with Gasteiger partial charge in [0.05, 0.1) is 11.9 Å². The van der Waals surface area contributed by atoms with Crippen molar-refractivity contribution in [1.29, 1.82) is 0 Å². The molecule has 6 heteroatoms. The lowest BCUT2D eigenvalue weighted by atomic mass is 9.93. The second kappa shape index (κ2) is 6.17. The maximum absolute atomic E-state index is 12.2. The van der Waals surface area contributed by atoms with E-state index >= 15 is 0 Å². The van der Waals surface area contributed by atoms with E-state index in [1.54, 1.807) is 13.0 Å². The molecular weight excluding hydrogens is 282 g/mol. The first-order chi connectivity index (χ1) is 10.3. The van der Waals surface area contributed by atoms with Gasteiger partial charge in [0, 0.05) is 30.8 Å². The van der Waals surface area contributed by atoms with Crippen LogP contribution in [0.4, 0.5) is 0 Å². The minimum atomic E-state index is -0.200. The van der Waals surface area contributed by atoms with Gasteiger partial charge in [0.1, 0.15) is 11.5 Å². The average Bonchev–Trinajstić information content (AvgIpc) is 2.83. The van der Waals surface area contributed by atoms with Crippen LogP contribution in [-0.2, 0) is 12.0 Å². The molecule has 22 heavy (non-hydrogen) atoms. The highest BCUT2D eigenvalue weighted by Crippen LogP contribution is 2.26. The molecule has 2 rings (SSSR count). The summed E-state index contributed by atoms with van der Waals surface area (Å²) < 4.78 is 7.11. The fraction of sp³-hybridized carbons (Fsp3) is 0.438. The molecule has 6 nitrogen and oxygen atoms in total. The number of nitrogens with zero attached hydrogens (tertiary/aromatic N) is 2. The summed E-state index contributed by atoms with van der Waals surface area (Å²) in [6.45, 7) is 8.59. The standard InChI is InChI=1S/C16H21N3O3/c1-11-12(9-13(22-11)16(2,3)4)15(21)18-7-8-19-10-17-6-5-14(19)20/h5-6,9-10H,7-8H2,1-4H3,(H,18,21). The van der Waals surface area contributed by atoms with Gasteiger partial charge in [0.25, 0.3) is 11.5 Å².